The van der Waals surface area contributed by atoms with Crippen LogP contribution < -0.4 is 10.6 Å². The number of benzene rings is 2. The monoisotopic (exact) mass is 404 g/mol. The van der Waals surface area contributed by atoms with E-state index in [1.54, 1.807) is 12.1 Å². The van der Waals surface area contributed by atoms with Gasteiger partial charge in [-0.25, -0.2) is 4.39 Å². The van der Waals surface area contributed by atoms with Crippen molar-refractivity contribution in [1.29, 1.82) is 0 Å². The fraction of sp³-hybridized carbons (Fsp3) is 0.182. The van der Waals surface area contributed by atoms with E-state index in [0.717, 1.165) is 22.0 Å². The zero-order valence-electron chi connectivity index (χ0n) is 16.6. The number of carbonyl (C=O) groups excluding carboxylic acids is 1. The first-order valence-electron chi connectivity index (χ1n) is 9.59. The summed E-state index contributed by atoms with van der Waals surface area (Å²) in [6.07, 6.45) is 0. The van der Waals surface area contributed by atoms with Gasteiger partial charge in [-0.15, -0.1) is 10.2 Å². The van der Waals surface area contributed by atoms with Gasteiger partial charge in [0, 0.05) is 24.4 Å². The molecule has 0 aliphatic heterocycles. The summed E-state index contributed by atoms with van der Waals surface area (Å²) in [5.74, 6) is 0.927. The quantitative estimate of drug-likeness (QED) is 0.444. The summed E-state index contributed by atoms with van der Waals surface area (Å²) in [5, 5.41) is 22.4. The molecule has 7 nitrogen and oxygen atoms in total. The molecular weight excluding hydrogens is 383 g/mol. The van der Waals surface area contributed by atoms with Crippen molar-refractivity contribution in [3.05, 3.63) is 66.0 Å². The lowest BCUT2D eigenvalue weighted by atomic mass is 10.0. The fourth-order valence-electron chi connectivity index (χ4n) is 3.18. The number of hydrogen-bond donors (Lipinski definition) is 3. The molecule has 2 heterocycles. The third kappa shape index (κ3) is 4.27. The fourth-order valence-corrected chi connectivity index (χ4v) is 3.18. The van der Waals surface area contributed by atoms with Gasteiger partial charge < -0.3 is 10.6 Å². The van der Waals surface area contributed by atoms with E-state index in [1.807, 2.05) is 30.3 Å². The summed E-state index contributed by atoms with van der Waals surface area (Å²) in [5.41, 5.74) is 3.46. The Bertz CT molecular complexity index is 1170. The van der Waals surface area contributed by atoms with Gasteiger partial charge in [-0.1, -0.05) is 25.1 Å². The minimum absolute atomic E-state index is 0.182. The molecule has 0 radical (unpaired) electrons. The highest BCUT2D eigenvalue weighted by molar-refractivity contribution is 6.00. The van der Waals surface area contributed by atoms with Crippen molar-refractivity contribution in [3.8, 4) is 11.3 Å². The molecule has 1 amide bonds. The molecule has 0 spiro atoms. The average Bonchev–Trinajstić information content (AvgIpc) is 3.14. The van der Waals surface area contributed by atoms with Crippen LogP contribution in [-0.2, 0) is 4.79 Å². The number of rotatable bonds is 6. The molecule has 4 aromatic rings. The maximum Gasteiger partial charge on any atom is 0.222 e. The van der Waals surface area contributed by atoms with E-state index >= 15 is 0 Å². The molecule has 0 saturated heterocycles. The highest BCUT2D eigenvalue weighted by Crippen LogP contribution is 2.27. The first kappa shape index (κ1) is 19.5. The van der Waals surface area contributed by atoms with E-state index in [2.05, 4.69) is 38.0 Å². The smallest absolute Gasteiger partial charge is 0.222 e. The van der Waals surface area contributed by atoms with E-state index in [1.165, 1.54) is 19.1 Å². The highest BCUT2D eigenvalue weighted by atomic mass is 19.1. The molecule has 2 aromatic heterocycles. The van der Waals surface area contributed by atoms with Gasteiger partial charge in [0.25, 0.3) is 0 Å². The first-order valence-corrected chi connectivity index (χ1v) is 9.59. The number of nitrogens with zero attached hydrogens (tertiary/aromatic N) is 3. The van der Waals surface area contributed by atoms with Crippen LogP contribution >= 0.6 is 0 Å². The van der Waals surface area contributed by atoms with Crippen molar-refractivity contribution >= 4 is 28.4 Å². The third-order valence-electron chi connectivity index (χ3n) is 4.85. The van der Waals surface area contributed by atoms with Crippen molar-refractivity contribution in [2.45, 2.75) is 19.8 Å². The highest BCUT2D eigenvalue weighted by Gasteiger charge is 2.10. The lowest BCUT2D eigenvalue weighted by molar-refractivity contribution is -0.114. The van der Waals surface area contributed by atoms with Crippen LogP contribution in [0, 0.1) is 5.82 Å². The number of hydrogen-bond acceptors (Lipinski definition) is 5. The second-order valence-corrected chi connectivity index (χ2v) is 7.15. The van der Waals surface area contributed by atoms with Crippen LogP contribution in [0.15, 0.2) is 54.6 Å². The first-order chi connectivity index (χ1) is 14.5. The Kier molecular flexibility index (Phi) is 5.38. The van der Waals surface area contributed by atoms with Crippen molar-refractivity contribution in [1.82, 2.24) is 20.4 Å². The summed E-state index contributed by atoms with van der Waals surface area (Å²) in [4.78, 5) is 11.4. The molecule has 0 fully saturated rings. The Labute approximate surface area is 172 Å². The van der Waals surface area contributed by atoms with Crippen LogP contribution in [0.1, 0.15) is 25.3 Å². The van der Waals surface area contributed by atoms with Gasteiger partial charge in [-0.2, -0.15) is 5.10 Å². The molecule has 2 aromatic carbocycles. The molecule has 1 atom stereocenters. The van der Waals surface area contributed by atoms with Crippen LogP contribution in [0.25, 0.3) is 22.2 Å². The number of aromatic amines is 1. The zero-order valence-corrected chi connectivity index (χ0v) is 16.6. The molecule has 0 saturated carbocycles. The molecule has 0 aliphatic carbocycles. The summed E-state index contributed by atoms with van der Waals surface area (Å²) >= 11 is 0. The second-order valence-electron chi connectivity index (χ2n) is 7.15. The Morgan fingerprint density at radius 3 is 2.60 bits per heavy atom. The van der Waals surface area contributed by atoms with Crippen molar-refractivity contribution in [2.75, 3.05) is 17.2 Å². The maximum atomic E-state index is 13.1. The van der Waals surface area contributed by atoms with Crippen molar-refractivity contribution in [3.63, 3.8) is 0 Å². The van der Waals surface area contributed by atoms with E-state index in [0.29, 0.717) is 23.9 Å². The van der Waals surface area contributed by atoms with E-state index < -0.39 is 0 Å². The lowest BCUT2D eigenvalue weighted by Crippen LogP contribution is -2.11. The molecule has 4 rings (SSSR count). The molecule has 3 N–H and O–H groups in total. The van der Waals surface area contributed by atoms with Gasteiger partial charge in [-0.3, -0.25) is 9.89 Å². The predicted molar refractivity (Wildman–Crippen MR) is 115 cm³/mol. The van der Waals surface area contributed by atoms with Crippen LogP contribution in [-0.4, -0.2) is 32.8 Å². The Morgan fingerprint density at radius 2 is 1.90 bits per heavy atom. The van der Waals surface area contributed by atoms with E-state index in [-0.39, 0.29) is 17.6 Å². The summed E-state index contributed by atoms with van der Waals surface area (Å²) in [6, 6.07) is 16.0. The van der Waals surface area contributed by atoms with Crippen LogP contribution in [0.2, 0.25) is 0 Å². The number of nitrogens with one attached hydrogen (secondary N) is 3. The Balaban J connectivity index is 1.46. The minimum atomic E-state index is -0.238. The largest absolute Gasteiger partial charge is 0.368 e. The summed E-state index contributed by atoms with van der Waals surface area (Å²) in [7, 11) is 0. The Hall–Kier alpha value is -3.81. The minimum Gasteiger partial charge on any atom is -0.368 e. The molecule has 8 heteroatoms. The molecule has 1 unspecified atom stereocenters. The van der Waals surface area contributed by atoms with Gasteiger partial charge in [-0.05, 0) is 47.9 Å². The summed E-state index contributed by atoms with van der Waals surface area (Å²) in [6.45, 7) is 4.16. The standard InChI is InChI=1S/C22H21FN6O/c1-13(15-3-6-17(23)7-4-15)12-24-21-10-9-19(26-28-21)16-5-8-20-18(11-16)22(29-27-20)25-14(2)30/h3-11,13H,12H2,1-2H3,(H,24,28)(H2,25,27,29,30). The van der Waals surface area contributed by atoms with Gasteiger partial charge in [0.05, 0.1) is 11.2 Å². The average molecular weight is 404 g/mol. The third-order valence-corrected chi connectivity index (χ3v) is 4.85. The summed E-state index contributed by atoms with van der Waals surface area (Å²) < 4.78 is 13.1. The van der Waals surface area contributed by atoms with Gasteiger partial charge in [0.15, 0.2) is 5.82 Å². The molecular formula is C22H21FN6O. The van der Waals surface area contributed by atoms with E-state index in [9.17, 15) is 9.18 Å². The van der Waals surface area contributed by atoms with Gasteiger partial charge in [0.2, 0.25) is 5.91 Å². The number of carbonyl (C=O) groups is 1. The number of anilines is 2. The topological polar surface area (TPSA) is 95.6 Å². The molecule has 0 aliphatic rings. The van der Waals surface area contributed by atoms with Gasteiger partial charge in [0.1, 0.15) is 11.6 Å². The number of H-pyrrole nitrogens is 1. The zero-order chi connectivity index (χ0) is 21.1. The predicted octanol–water partition coefficient (Wildman–Crippen LogP) is 4.33. The number of aromatic nitrogens is 4. The SMILES string of the molecule is CC(=O)Nc1n[nH]c2ccc(-c3ccc(NCC(C)c4ccc(F)cc4)nn3)cc12. The number of amides is 1. The van der Waals surface area contributed by atoms with Crippen LogP contribution in [0.5, 0.6) is 0 Å². The normalized spacial score (nSPS) is 12.0. The maximum absolute atomic E-state index is 13.1. The number of fused-ring (bicyclic) bond motifs is 1. The van der Waals surface area contributed by atoms with Crippen molar-refractivity contribution < 1.29 is 9.18 Å². The molecule has 152 valence electrons. The van der Waals surface area contributed by atoms with E-state index in [4.69, 9.17) is 0 Å². The van der Waals surface area contributed by atoms with Gasteiger partial charge >= 0.3 is 0 Å². The second kappa shape index (κ2) is 8.28. The van der Waals surface area contributed by atoms with Crippen LogP contribution in [0.3, 0.4) is 0 Å². The molecule has 0 bridgehead atoms. The van der Waals surface area contributed by atoms with Crippen molar-refractivity contribution in [2.24, 2.45) is 0 Å². The molecule has 30 heavy (non-hydrogen) atoms. The lowest BCUT2D eigenvalue weighted by Gasteiger charge is -2.13. The number of halogens is 1. The Morgan fingerprint density at radius 1 is 1.10 bits per heavy atom. The van der Waals surface area contributed by atoms with Crippen LogP contribution in [0.4, 0.5) is 16.0 Å².